The molecule has 1 aromatic rings. The van der Waals surface area contributed by atoms with Gasteiger partial charge in [-0.2, -0.15) is 0 Å². The van der Waals surface area contributed by atoms with Crippen molar-refractivity contribution in [2.24, 2.45) is 11.8 Å². The van der Waals surface area contributed by atoms with Crippen LogP contribution in [0.3, 0.4) is 0 Å². The molecule has 1 saturated carbocycles. The Hall–Kier alpha value is -1.31. The summed E-state index contributed by atoms with van der Waals surface area (Å²) in [5.41, 5.74) is 0.896. The quantitative estimate of drug-likeness (QED) is 0.795. The highest BCUT2D eigenvalue weighted by Crippen LogP contribution is 2.37. The Morgan fingerprint density at radius 3 is 3.12 bits per heavy atom. The van der Waals surface area contributed by atoms with Crippen LogP contribution in [-0.2, 0) is 11.3 Å². The molecule has 1 amide bonds. The number of thiophene rings is 1. The fourth-order valence-electron chi connectivity index (χ4n) is 1.71. The minimum absolute atomic E-state index is 0.138. The Bertz CT molecular complexity index is 469. The molecule has 2 N–H and O–H groups in total. The van der Waals surface area contributed by atoms with Gasteiger partial charge in [0, 0.05) is 16.4 Å². The third-order valence-corrected chi connectivity index (χ3v) is 3.84. The molecule has 0 spiro atoms. The Labute approximate surface area is 105 Å². The smallest absolute Gasteiger partial charge is 0.223 e. The van der Waals surface area contributed by atoms with Gasteiger partial charge in [-0.25, -0.2) is 0 Å². The van der Waals surface area contributed by atoms with Crippen LogP contribution in [0, 0.1) is 23.7 Å². The van der Waals surface area contributed by atoms with E-state index in [0.717, 1.165) is 16.9 Å². The number of nitrogens with one attached hydrogen (secondary N) is 1. The molecule has 17 heavy (non-hydrogen) atoms. The topological polar surface area (TPSA) is 49.3 Å². The first-order valence-electron chi connectivity index (χ1n) is 5.66. The lowest BCUT2D eigenvalue weighted by Gasteiger charge is -2.03. The maximum atomic E-state index is 11.7. The molecule has 1 fully saturated rings. The van der Waals surface area contributed by atoms with Crippen LogP contribution < -0.4 is 5.32 Å². The third kappa shape index (κ3) is 3.09. The van der Waals surface area contributed by atoms with Crippen molar-refractivity contribution in [2.45, 2.75) is 19.9 Å². The summed E-state index contributed by atoms with van der Waals surface area (Å²) in [5, 5.41) is 13.5. The Morgan fingerprint density at radius 1 is 1.71 bits per heavy atom. The van der Waals surface area contributed by atoms with Gasteiger partial charge in [0.1, 0.15) is 6.61 Å². The van der Waals surface area contributed by atoms with E-state index in [1.807, 2.05) is 11.4 Å². The summed E-state index contributed by atoms with van der Waals surface area (Å²) in [6.45, 7) is 2.49. The second-order valence-electron chi connectivity index (χ2n) is 4.25. The van der Waals surface area contributed by atoms with Crippen LogP contribution in [0.1, 0.15) is 23.8 Å². The van der Waals surface area contributed by atoms with Crippen molar-refractivity contribution in [3.63, 3.8) is 0 Å². The van der Waals surface area contributed by atoms with Crippen LogP contribution in [0.25, 0.3) is 0 Å². The maximum Gasteiger partial charge on any atom is 0.223 e. The first-order chi connectivity index (χ1) is 8.22. The van der Waals surface area contributed by atoms with Crippen LogP contribution in [0.5, 0.6) is 0 Å². The number of hydrogen-bond acceptors (Lipinski definition) is 3. The fraction of sp³-hybridized carbons (Fsp3) is 0.462. The molecule has 2 rings (SSSR count). The molecule has 4 heteroatoms. The van der Waals surface area contributed by atoms with Gasteiger partial charge >= 0.3 is 0 Å². The number of aliphatic hydroxyl groups excluding tert-OH is 1. The van der Waals surface area contributed by atoms with Crippen LogP contribution in [0.15, 0.2) is 11.4 Å². The summed E-state index contributed by atoms with van der Waals surface area (Å²) < 4.78 is 0. The monoisotopic (exact) mass is 249 g/mol. The molecule has 1 aromatic heterocycles. The van der Waals surface area contributed by atoms with Gasteiger partial charge in [-0.3, -0.25) is 4.79 Å². The van der Waals surface area contributed by atoms with E-state index in [1.165, 1.54) is 0 Å². The van der Waals surface area contributed by atoms with Crippen LogP contribution in [0.4, 0.5) is 0 Å². The number of amides is 1. The van der Waals surface area contributed by atoms with E-state index in [2.05, 4.69) is 24.1 Å². The lowest BCUT2D eigenvalue weighted by atomic mass is 10.2. The summed E-state index contributed by atoms with van der Waals surface area (Å²) >= 11 is 1.58. The van der Waals surface area contributed by atoms with E-state index < -0.39 is 0 Å². The van der Waals surface area contributed by atoms with Crippen molar-refractivity contribution in [2.75, 3.05) is 6.61 Å². The molecule has 3 nitrogen and oxygen atoms in total. The average molecular weight is 249 g/mol. The molecule has 0 aromatic carbocycles. The first kappa shape index (κ1) is 12.2. The summed E-state index contributed by atoms with van der Waals surface area (Å²) in [5.74, 6) is 6.39. The van der Waals surface area contributed by atoms with Crippen molar-refractivity contribution in [1.29, 1.82) is 0 Å². The standard InChI is InChI=1S/C13H15NO2S/c1-9-7-11(9)13(16)14-8-12-10(3-2-5-15)4-6-17-12/h4,6,9,11,15H,5,7-8H2,1H3,(H,14,16). The van der Waals surface area contributed by atoms with E-state index in [9.17, 15) is 4.79 Å². The average Bonchev–Trinajstić information content (AvgIpc) is 2.90. The second kappa shape index (κ2) is 5.35. The molecule has 1 heterocycles. The summed E-state index contributed by atoms with van der Waals surface area (Å²) in [6, 6.07) is 1.91. The molecule has 0 bridgehead atoms. The number of carbonyl (C=O) groups excluding carboxylic acids is 1. The van der Waals surface area contributed by atoms with Crippen molar-refractivity contribution < 1.29 is 9.90 Å². The van der Waals surface area contributed by atoms with Crippen molar-refractivity contribution in [3.05, 3.63) is 21.9 Å². The van der Waals surface area contributed by atoms with E-state index >= 15 is 0 Å². The minimum Gasteiger partial charge on any atom is -0.384 e. The number of carbonyl (C=O) groups is 1. The molecule has 0 aliphatic heterocycles. The molecular weight excluding hydrogens is 234 g/mol. The summed E-state index contributed by atoms with van der Waals surface area (Å²) in [7, 11) is 0. The highest BCUT2D eigenvalue weighted by atomic mass is 32.1. The largest absolute Gasteiger partial charge is 0.384 e. The molecule has 0 saturated heterocycles. The zero-order valence-electron chi connectivity index (χ0n) is 9.69. The van der Waals surface area contributed by atoms with Crippen molar-refractivity contribution in [3.8, 4) is 11.8 Å². The molecule has 0 radical (unpaired) electrons. The van der Waals surface area contributed by atoms with Crippen molar-refractivity contribution >= 4 is 17.2 Å². The van der Waals surface area contributed by atoms with E-state index in [1.54, 1.807) is 11.3 Å². The molecule has 2 atom stereocenters. The van der Waals surface area contributed by atoms with Gasteiger partial charge in [-0.15, -0.1) is 11.3 Å². The molecular formula is C13H15NO2S. The second-order valence-corrected chi connectivity index (χ2v) is 5.26. The van der Waals surface area contributed by atoms with E-state index in [0.29, 0.717) is 12.5 Å². The van der Waals surface area contributed by atoms with Crippen LogP contribution in [0.2, 0.25) is 0 Å². The zero-order chi connectivity index (χ0) is 12.3. The number of rotatable bonds is 3. The lowest BCUT2D eigenvalue weighted by Crippen LogP contribution is -2.24. The highest BCUT2D eigenvalue weighted by Gasteiger charge is 2.38. The molecule has 90 valence electrons. The highest BCUT2D eigenvalue weighted by molar-refractivity contribution is 7.10. The maximum absolute atomic E-state index is 11.7. The lowest BCUT2D eigenvalue weighted by molar-refractivity contribution is -0.122. The zero-order valence-corrected chi connectivity index (χ0v) is 10.5. The predicted octanol–water partition coefficient (Wildman–Crippen LogP) is 1.36. The molecule has 1 aliphatic carbocycles. The minimum atomic E-state index is -0.138. The summed E-state index contributed by atoms with van der Waals surface area (Å²) in [6.07, 6.45) is 1.01. The molecule has 1 aliphatic rings. The van der Waals surface area contributed by atoms with Gasteiger partial charge in [0.2, 0.25) is 5.91 Å². The third-order valence-electron chi connectivity index (χ3n) is 2.92. The predicted molar refractivity (Wildman–Crippen MR) is 67.4 cm³/mol. The Kier molecular flexibility index (Phi) is 3.82. The van der Waals surface area contributed by atoms with Gasteiger partial charge < -0.3 is 10.4 Å². The van der Waals surface area contributed by atoms with Crippen LogP contribution >= 0.6 is 11.3 Å². The number of hydrogen-bond donors (Lipinski definition) is 2. The van der Waals surface area contributed by atoms with Gasteiger partial charge in [0.15, 0.2) is 0 Å². The Balaban J connectivity index is 1.90. The van der Waals surface area contributed by atoms with Gasteiger partial charge in [-0.1, -0.05) is 18.8 Å². The number of aliphatic hydroxyl groups is 1. The van der Waals surface area contributed by atoms with Crippen molar-refractivity contribution in [1.82, 2.24) is 5.32 Å². The van der Waals surface area contributed by atoms with Gasteiger partial charge in [-0.05, 0) is 23.8 Å². The SMILES string of the molecule is CC1CC1C(=O)NCc1sccc1C#CCO. The summed E-state index contributed by atoms with van der Waals surface area (Å²) in [4.78, 5) is 12.7. The van der Waals surface area contributed by atoms with Gasteiger partial charge in [0.05, 0.1) is 6.54 Å². The van der Waals surface area contributed by atoms with Crippen LogP contribution in [-0.4, -0.2) is 17.6 Å². The fourth-order valence-corrected chi connectivity index (χ4v) is 2.48. The Morgan fingerprint density at radius 2 is 2.47 bits per heavy atom. The van der Waals surface area contributed by atoms with Gasteiger partial charge in [0.25, 0.3) is 0 Å². The normalized spacial score (nSPS) is 21.5. The first-order valence-corrected chi connectivity index (χ1v) is 6.54. The van der Waals surface area contributed by atoms with E-state index in [4.69, 9.17) is 5.11 Å². The van der Waals surface area contributed by atoms with E-state index in [-0.39, 0.29) is 18.4 Å². The molecule has 2 unspecified atom stereocenters.